The fourth-order valence-electron chi connectivity index (χ4n) is 2.38. The van der Waals surface area contributed by atoms with Gasteiger partial charge in [-0.2, -0.15) is 0 Å². The summed E-state index contributed by atoms with van der Waals surface area (Å²) in [4.78, 5) is 24.1. The van der Waals surface area contributed by atoms with E-state index in [4.69, 9.17) is 4.74 Å². The molecule has 2 aromatic carbocycles. The molecule has 0 aliphatic rings. The highest BCUT2D eigenvalue weighted by atomic mass is 16.5. The van der Waals surface area contributed by atoms with E-state index in [1.165, 1.54) is 7.11 Å². The summed E-state index contributed by atoms with van der Waals surface area (Å²) in [6.45, 7) is 0. The number of esters is 1. The van der Waals surface area contributed by atoms with E-state index in [1.54, 1.807) is 30.3 Å². The largest absolute Gasteiger partial charge is 0.467 e. The van der Waals surface area contributed by atoms with Crippen LogP contribution in [0.5, 0.6) is 0 Å². The molecule has 0 saturated heterocycles. The van der Waals surface area contributed by atoms with Crippen molar-refractivity contribution in [3.63, 3.8) is 0 Å². The first-order chi connectivity index (χ1) is 11.6. The van der Waals surface area contributed by atoms with Crippen LogP contribution >= 0.6 is 0 Å². The number of carbonyl (C=O) groups is 2. The van der Waals surface area contributed by atoms with Crippen molar-refractivity contribution in [2.45, 2.75) is 25.0 Å². The molecule has 0 aliphatic heterocycles. The number of benzene rings is 2. The molecule has 2 atom stereocenters. The second-order valence-corrected chi connectivity index (χ2v) is 5.42. The van der Waals surface area contributed by atoms with Crippen LogP contribution in [0.4, 0.5) is 0 Å². The topological polar surface area (TPSA) is 75.6 Å². The second kappa shape index (κ2) is 8.84. The summed E-state index contributed by atoms with van der Waals surface area (Å²) in [6, 6.07) is 17.4. The molecule has 0 heterocycles. The van der Waals surface area contributed by atoms with Gasteiger partial charge in [0.25, 0.3) is 5.91 Å². The molecule has 2 aromatic rings. The van der Waals surface area contributed by atoms with Gasteiger partial charge in [0.2, 0.25) is 0 Å². The zero-order valence-electron chi connectivity index (χ0n) is 13.5. The molecule has 0 radical (unpaired) electrons. The number of nitrogens with one attached hydrogen (secondary N) is 1. The molecule has 0 aliphatic carbocycles. The molecule has 0 bridgehead atoms. The Kier molecular flexibility index (Phi) is 6.51. The van der Waals surface area contributed by atoms with E-state index in [0.717, 1.165) is 5.56 Å². The predicted molar refractivity (Wildman–Crippen MR) is 90.1 cm³/mol. The van der Waals surface area contributed by atoms with Crippen molar-refractivity contribution in [2.75, 3.05) is 7.11 Å². The predicted octanol–water partition coefficient (Wildman–Crippen LogP) is 2.01. The molecule has 5 heteroatoms. The van der Waals surface area contributed by atoms with Crippen LogP contribution in [0.15, 0.2) is 60.7 Å². The number of hydrogen-bond donors (Lipinski definition) is 2. The van der Waals surface area contributed by atoms with E-state index >= 15 is 0 Å². The van der Waals surface area contributed by atoms with Crippen molar-refractivity contribution >= 4 is 11.9 Å². The monoisotopic (exact) mass is 327 g/mol. The van der Waals surface area contributed by atoms with Crippen LogP contribution in [0.3, 0.4) is 0 Å². The molecule has 0 aromatic heterocycles. The molecule has 126 valence electrons. The molecule has 0 spiro atoms. The fraction of sp³-hybridized carbons (Fsp3) is 0.263. The minimum atomic E-state index is -1.32. The highest BCUT2D eigenvalue weighted by Crippen LogP contribution is 2.13. The fourth-order valence-corrected chi connectivity index (χ4v) is 2.38. The van der Waals surface area contributed by atoms with Crippen molar-refractivity contribution in [2.24, 2.45) is 0 Å². The van der Waals surface area contributed by atoms with Gasteiger partial charge in [-0.25, -0.2) is 4.79 Å². The first-order valence-corrected chi connectivity index (χ1v) is 7.77. The lowest BCUT2D eigenvalue weighted by molar-refractivity contribution is -0.146. The van der Waals surface area contributed by atoms with Gasteiger partial charge < -0.3 is 15.2 Å². The quantitative estimate of drug-likeness (QED) is 0.763. The van der Waals surface area contributed by atoms with Crippen LogP contribution in [-0.2, 0) is 20.7 Å². The van der Waals surface area contributed by atoms with E-state index in [2.05, 4.69) is 5.32 Å². The molecule has 2 N–H and O–H groups in total. The average molecular weight is 327 g/mol. The highest BCUT2D eigenvalue weighted by molar-refractivity contribution is 5.87. The lowest BCUT2D eigenvalue weighted by Crippen LogP contribution is -2.44. The van der Waals surface area contributed by atoms with E-state index in [0.29, 0.717) is 18.4 Å². The molecule has 2 rings (SSSR count). The van der Waals surface area contributed by atoms with Crippen molar-refractivity contribution in [3.05, 3.63) is 71.8 Å². The average Bonchev–Trinajstić information content (AvgIpc) is 2.65. The third kappa shape index (κ3) is 4.93. The van der Waals surface area contributed by atoms with Gasteiger partial charge in [0.05, 0.1) is 7.11 Å². The van der Waals surface area contributed by atoms with Crippen molar-refractivity contribution < 1.29 is 19.4 Å². The maximum atomic E-state index is 12.2. The van der Waals surface area contributed by atoms with Gasteiger partial charge in [-0.3, -0.25) is 4.79 Å². The summed E-state index contributed by atoms with van der Waals surface area (Å²) in [5.74, 6) is -1.15. The van der Waals surface area contributed by atoms with Gasteiger partial charge >= 0.3 is 5.97 Å². The van der Waals surface area contributed by atoms with Gasteiger partial charge in [0.15, 0.2) is 6.10 Å². The number of hydrogen-bond acceptors (Lipinski definition) is 4. The molecule has 0 fully saturated rings. The lowest BCUT2D eigenvalue weighted by Gasteiger charge is -2.19. The molecule has 0 saturated carbocycles. The number of aliphatic hydroxyl groups is 1. The summed E-state index contributed by atoms with van der Waals surface area (Å²) < 4.78 is 4.75. The Morgan fingerprint density at radius 3 is 2.21 bits per heavy atom. The van der Waals surface area contributed by atoms with Gasteiger partial charge in [0.1, 0.15) is 6.04 Å². The minimum absolute atomic E-state index is 0.393. The summed E-state index contributed by atoms with van der Waals surface area (Å²) in [6.07, 6.45) is -0.318. The maximum absolute atomic E-state index is 12.2. The first kappa shape index (κ1) is 17.7. The zero-order chi connectivity index (χ0) is 17.4. The number of carbonyl (C=O) groups excluding carboxylic acids is 2. The second-order valence-electron chi connectivity index (χ2n) is 5.42. The summed E-state index contributed by atoms with van der Waals surface area (Å²) in [7, 11) is 1.28. The van der Waals surface area contributed by atoms with Crippen LogP contribution in [0, 0.1) is 0 Å². The van der Waals surface area contributed by atoms with E-state index in [1.807, 2.05) is 30.3 Å². The SMILES string of the molecule is COC(=O)[C@H](CCc1ccccc1)NC(=O)[C@@H](O)c1ccccc1. The van der Waals surface area contributed by atoms with Gasteiger partial charge in [0, 0.05) is 0 Å². The van der Waals surface area contributed by atoms with E-state index in [9.17, 15) is 14.7 Å². The van der Waals surface area contributed by atoms with Crippen LogP contribution < -0.4 is 5.32 Å². The Hall–Kier alpha value is -2.66. The van der Waals surface area contributed by atoms with Crippen LogP contribution in [0.1, 0.15) is 23.7 Å². The van der Waals surface area contributed by atoms with Crippen LogP contribution in [-0.4, -0.2) is 30.1 Å². The van der Waals surface area contributed by atoms with E-state index < -0.39 is 24.0 Å². The van der Waals surface area contributed by atoms with Gasteiger partial charge in [-0.1, -0.05) is 60.7 Å². The molecule has 1 amide bonds. The minimum Gasteiger partial charge on any atom is -0.467 e. The Bertz CT molecular complexity index is 658. The maximum Gasteiger partial charge on any atom is 0.328 e. The number of methoxy groups -OCH3 is 1. The number of amides is 1. The third-order valence-corrected chi connectivity index (χ3v) is 3.73. The highest BCUT2D eigenvalue weighted by Gasteiger charge is 2.25. The normalized spacial score (nSPS) is 12.9. The molecule has 24 heavy (non-hydrogen) atoms. The Morgan fingerprint density at radius 2 is 1.62 bits per heavy atom. The molecular formula is C19H21NO4. The molecule has 0 unspecified atom stereocenters. The number of aliphatic hydroxyl groups excluding tert-OH is 1. The number of ether oxygens (including phenoxy) is 1. The Morgan fingerprint density at radius 1 is 1.04 bits per heavy atom. The summed E-state index contributed by atoms with van der Waals surface area (Å²) in [5, 5.41) is 12.7. The lowest BCUT2D eigenvalue weighted by atomic mass is 10.0. The third-order valence-electron chi connectivity index (χ3n) is 3.73. The standard InChI is InChI=1S/C19H21NO4/c1-24-19(23)16(13-12-14-8-4-2-5-9-14)20-18(22)17(21)15-10-6-3-7-11-15/h2-11,16-17,21H,12-13H2,1H3,(H,20,22)/t16-,17-/m0/s1. The molecule has 5 nitrogen and oxygen atoms in total. The van der Waals surface area contributed by atoms with Crippen molar-refractivity contribution in [1.29, 1.82) is 0 Å². The van der Waals surface area contributed by atoms with Crippen molar-refractivity contribution in [1.82, 2.24) is 5.32 Å². The van der Waals surface area contributed by atoms with Crippen LogP contribution in [0.2, 0.25) is 0 Å². The smallest absolute Gasteiger partial charge is 0.328 e. The van der Waals surface area contributed by atoms with E-state index in [-0.39, 0.29) is 0 Å². The molecular weight excluding hydrogens is 306 g/mol. The Labute approximate surface area is 141 Å². The number of rotatable bonds is 7. The van der Waals surface area contributed by atoms with Crippen LogP contribution in [0.25, 0.3) is 0 Å². The summed E-state index contributed by atoms with van der Waals surface area (Å²) in [5.41, 5.74) is 1.53. The number of aryl methyl sites for hydroxylation is 1. The van der Waals surface area contributed by atoms with Crippen molar-refractivity contribution in [3.8, 4) is 0 Å². The first-order valence-electron chi connectivity index (χ1n) is 7.77. The Balaban J connectivity index is 2.00. The van der Waals surface area contributed by atoms with Gasteiger partial charge in [-0.05, 0) is 24.0 Å². The summed E-state index contributed by atoms with van der Waals surface area (Å²) >= 11 is 0. The zero-order valence-corrected chi connectivity index (χ0v) is 13.5. The van der Waals surface area contributed by atoms with Gasteiger partial charge in [-0.15, -0.1) is 0 Å².